The number of carboxylic acid groups (broad SMARTS) is 1. The Morgan fingerprint density at radius 3 is 2.48 bits per heavy atom. The first-order chi connectivity index (χ1) is 9.81. The van der Waals surface area contributed by atoms with Crippen LogP contribution in [0.4, 0.5) is 10.5 Å². The Balaban J connectivity index is 2.23. The first-order valence-electron chi connectivity index (χ1n) is 6.51. The maximum Gasteiger partial charge on any atom is 0.327 e. The summed E-state index contributed by atoms with van der Waals surface area (Å²) in [6.07, 6.45) is 0. The molecule has 1 saturated heterocycles. The van der Waals surface area contributed by atoms with Gasteiger partial charge in [0.2, 0.25) is 0 Å². The molecule has 2 amide bonds. The van der Waals surface area contributed by atoms with E-state index in [4.69, 9.17) is 0 Å². The number of hydrogen-bond acceptors (Lipinski definition) is 3. The second-order valence-electron chi connectivity index (χ2n) is 5.04. The first kappa shape index (κ1) is 16.2. The van der Waals surface area contributed by atoms with Crippen LogP contribution in [0.1, 0.15) is 18.1 Å². The third kappa shape index (κ3) is 3.35. The summed E-state index contributed by atoms with van der Waals surface area (Å²) >= 11 is 4.88. The van der Waals surface area contributed by atoms with Crippen LogP contribution in [0.3, 0.4) is 0 Å². The second-order valence-corrected chi connectivity index (χ2v) is 7.30. The summed E-state index contributed by atoms with van der Waals surface area (Å²) in [4.78, 5) is 25.1. The van der Waals surface area contributed by atoms with Gasteiger partial charge in [0.15, 0.2) is 0 Å². The van der Waals surface area contributed by atoms with Gasteiger partial charge in [0.1, 0.15) is 6.04 Å². The van der Waals surface area contributed by atoms with Gasteiger partial charge in [-0.3, -0.25) is 4.90 Å². The van der Waals surface area contributed by atoms with Crippen molar-refractivity contribution in [2.75, 3.05) is 11.1 Å². The summed E-state index contributed by atoms with van der Waals surface area (Å²) in [7, 11) is 0. The molecule has 0 aliphatic carbocycles. The van der Waals surface area contributed by atoms with Crippen LogP contribution in [0, 0.1) is 13.8 Å². The molecule has 0 bridgehead atoms. The number of anilines is 1. The van der Waals surface area contributed by atoms with E-state index in [1.165, 1.54) is 16.7 Å². The van der Waals surface area contributed by atoms with Gasteiger partial charge in [-0.25, -0.2) is 9.59 Å². The molecule has 1 heterocycles. The van der Waals surface area contributed by atoms with Crippen molar-refractivity contribution in [3.63, 3.8) is 0 Å². The van der Waals surface area contributed by atoms with E-state index in [9.17, 15) is 14.7 Å². The zero-order valence-corrected chi connectivity index (χ0v) is 14.4. The van der Waals surface area contributed by atoms with Crippen molar-refractivity contribution in [1.82, 2.24) is 4.90 Å². The zero-order chi connectivity index (χ0) is 15.7. The molecule has 2 unspecified atom stereocenters. The number of aliphatic carboxylic acids is 1. The number of carbonyl (C=O) groups is 2. The van der Waals surface area contributed by atoms with E-state index in [1.807, 2.05) is 32.9 Å². The van der Waals surface area contributed by atoms with Crippen LogP contribution in [-0.2, 0) is 4.79 Å². The van der Waals surface area contributed by atoms with Crippen LogP contribution in [0.15, 0.2) is 16.6 Å². The van der Waals surface area contributed by atoms with E-state index >= 15 is 0 Å². The molecule has 2 rings (SSSR count). The van der Waals surface area contributed by atoms with Crippen LogP contribution < -0.4 is 5.32 Å². The Morgan fingerprint density at radius 2 is 1.95 bits per heavy atom. The Bertz CT molecular complexity index is 571. The summed E-state index contributed by atoms with van der Waals surface area (Å²) in [5.41, 5.74) is 2.60. The van der Waals surface area contributed by atoms with Crippen molar-refractivity contribution >= 4 is 45.4 Å². The van der Waals surface area contributed by atoms with Crippen molar-refractivity contribution in [3.8, 4) is 0 Å². The van der Waals surface area contributed by atoms with Gasteiger partial charge in [-0.1, -0.05) is 15.9 Å². The lowest BCUT2D eigenvalue weighted by Gasteiger charge is -2.26. The quantitative estimate of drug-likeness (QED) is 0.833. The number of nitrogens with zero attached hydrogens (tertiary/aromatic N) is 1. The molecule has 114 valence electrons. The fourth-order valence-corrected chi connectivity index (χ4v) is 4.27. The number of aryl methyl sites for hydroxylation is 2. The molecule has 21 heavy (non-hydrogen) atoms. The third-order valence-corrected chi connectivity index (χ3v) is 5.15. The molecule has 1 aromatic carbocycles. The molecular formula is C14H17BrN2O3S. The van der Waals surface area contributed by atoms with Crippen molar-refractivity contribution in [1.29, 1.82) is 0 Å². The highest BCUT2D eigenvalue weighted by Crippen LogP contribution is 2.31. The molecule has 0 radical (unpaired) electrons. The number of halogens is 1. The average molecular weight is 373 g/mol. The van der Waals surface area contributed by atoms with Crippen LogP contribution in [0.25, 0.3) is 0 Å². The minimum absolute atomic E-state index is 0.151. The second kappa shape index (κ2) is 6.27. The van der Waals surface area contributed by atoms with Gasteiger partial charge in [-0.2, -0.15) is 0 Å². The molecule has 2 atom stereocenters. The SMILES string of the molecule is Cc1cc(Br)cc(C)c1NC(=O)N1C(C)SCC1C(=O)O. The lowest BCUT2D eigenvalue weighted by Crippen LogP contribution is -2.47. The summed E-state index contributed by atoms with van der Waals surface area (Å²) in [6, 6.07) is 2.69. The van der Waals surface area contributed by atoms with Crippen molar-refractivity contribution in [3.05, 3.63) is 27.7 Å². The highest BCUT2D eigenvalue weighted by molar-refractivity contribution is 9.10. The number of benzene rings is 1. The van der Waals surface area contributed by atoms with Crippen molar-refractivity contribution in [2.24, 2.45) is 0 Å². The molecule has 0 saturated carbocycles. The van der Waals surface area contributed by atoms with E-state index < -0.39 is 12.0 Å². The van der Waals surface area contributed by atoms with Crippen molar-refractivity contribution in [2.45, 2.75) is 32.2 Å². The predicted octanol–water partition coefficient (Wildman–Crippen LogP) is 3.45. The van der Waals surface area contributed by atoms with E-state index in [0.29, 0.717) is 5.75 Å². The Morgan fingerprint density at radius 1 is 1.38 bits per heavy atom. The molecule has 0 spiro atoms. The topological polar surface area (TPSA) is 69.6 Å². The van der Waals surface area contributed by atoms with E-state index in [0.717, 1.165) is 21.3 Å². The molecule has 2 N–H and O–H groups in total. The third-order valence-electron chi connectivity index (χ3n) is 3.47. The predicted molar refractivity (Wildman–Crippen MR) is 87.8 cm³/mol. The lowest BCUT2D eigenvalue weighted by molar-refractivity contribution is -0.141. The maximum absolute atomic E-state index is 12.5. The van der Waals surface area contributed by atoms with Gasteiger partial charge in [0.05, 0.1) is 5.37 Å². The Hall–Kier alpha value is -1.21. The number of thioether (sulfide) groups is 1. The van der Waals surface area contributed by atoms with Crippen LogP contribution in [0.2, 0.25) is 0 Å². The number of rotatable bonds is 2. The fourth-order valence-electron chi connectivity index (χ4n) is 2.42. The largest absolute Gasteiger partial charge is 0.480 e. The van der Waals surface area contributed by atoms with E-state index in [1.54, 1.807) is 0 Å². The lowest BCUT2D eigenvalue weighted by atomic mass is 10.1. The van der Waals surface area contributed by atoms with Gasteiger partial charge in [-0.05, 0) is 44.0 Å². The smallest absolute Gasteiger partial charge is 0.327 e. The minimum atomic E-state index is -0.966. The number of urea groups is 1. The Labute approximate surface area is 136 Å². The fraction of sp³-hybridized carbons (Fsp3) is 0.429. The summed E-state index contributed by atoms with van der Waals surface area (Å²) in [6.45, 7) is 5.66. The molecule has 1 fully saturated rings. The number of nitrogens with one attached hydrogen (secondary N) is 1. The number of amides is 2. The highest BCUT2D eigenvalue weighted by atomic mass is 79.9. The summed E-state index contributed by atoms with van der Waals surface area (Å²) in [5.74, 6) is -0.548. The molecular weight excluding hydrogens is 356 g/mol. The van der Waals surface area contributed by atoms with E-state index in [2.05, 4.69) is 21.2 Å². The van der Waals surface area contributed by atoms with Crippen LogP contribution in [0.5, 0.6) is 0 Å². The standard InChI is InChI=1S/C14H17BrN2O3S/c1-7-4-10(15)5-8(2)12(7)16-14(20)17-9(3)21-6-11(17)13(18)19/h4-5,9,11H,6H2,1-3H3,(H,16,20)(H,18,19). The Kier molecular flexibility index (Phi) is 4.83. The van der Waals surface area contributed by atoms with Gasteiger partial charge in [-0.15, -0.1) is 11.8 Å². The number of carboxylic acids is 1. The van der Waals surface area contributed by atoms with E-state index in [-0.39, 0.29) is 11.4 Å². The normalized spacial score (nSPS) is 21.4. The zero-order valence-electron chi connectivity index (χ0n) is 12.0. The molecule has 5 nitrogen and oxygen atoms in total. The maximum atomic E-state index is 12.5. The van der Waals surface area contributed by atoms with Crippen molar-refractivity contribution < 1.29 is 14.7 Å². The number of hydrogen-bond donors (Lipinski definition) is 2. The summed E-state index contributed by atoms with van der Waals surface area (Å²) in [5, 5.41) is 11.9. The molecule has 1 aromatic rings. The first-order valence-corrected chi connectivity index (χ1v) is 8.36. The molecule has 1 aliphatic heterocycles. The molecule has 1 aliphatic rings. The molecule has 0 aromatic heterocycles. The van der Waals surface area contributed by atoms with Gasteiger partial charge >= 0.3 is 12.0 Å². The molecule has 7 heteroatoms. The van der Waals surface area contributed by atoms with Crippen LogP contribution in [-0.4, -0.2) is 39.2 Å². The van der Waals surface area contributed by atoms with Gasteiger partial charge in [0, 0.05) is 15.9 Å². The minimum Gasteiger partial charge on any atom is -0.480 e. The van der Waals surface area contributed by atoms with Gasteiger partial charge < -0.3 is 10.4 Å². The monoisotopic (exact) mass is 372 g/mol. The highest BCUT2D eigenvalue weighted by Gasteiger charge is 2.39. The van der Waals surface area contributed by atoms with Crippen LogP contribution >= 0.6 is 27.7 Å². The number of carbonyl (C=O) groups excluding carboxylic acids is 1. The summed E-state index contributed by atoms with van der Waals surface area (Å²) < 4.78 is 0.948. The average Bonchev–Trinajstić information content (AvgIpc) is 2.75. The van der Waals surface area contributed by atoms with Gasteiger partial charge in [0.25, 0.3) is 0 Å².